The van der Waals surface area contributed by atoms with E-state index in [4.69, 9.17) is 11.5 Å². The second kappa shape index (κ2) is 10.1. The third-order valence-corrected chi connectivity index (χ3v) is 3.98. The maximum atomic E-state index is 5.81. The zero-order chi connectivity index (χ0) is 15.7. The van der Waals surface area contributed by atoms with Gasteiger partial charge in [0.1, 0.15) is 12.5 Å². The Bertz CT molecular complexity index is 532. The van der Waals surface area contributed by atoms with Crippen LogP contribution in [0, 0.1) is 0 Å². The van der Waals surface area contributed by atoms with Gasteiger partial charge >= 0.3 is 21.1 Å². The third-order valence-electron chi connectivity index (χ3n) is 3.98. The van der Waals surface area contributed by atoms with Gasteiger partial charge in [-0.25, -0.2) is 4.99 Å². The van der Waals surface area contributed by atoms with E-state index in [0.29, 0.717) is 24.4 Å². The number of imidazole rings is 1. The molecule has 3 unspecified atom stereocenters. The normalized spacial score (nSPS) is 27.2. The molecule has 0 bridgehead atoms. The molecule has 2 fully saturated rings. The van der Waals surface area contributed by atoms with E-state index >= 15 is 0 Å². The molecular weight excluding hydrogens is 507 g/mol. The molecule has 1 aromatic rings. The summed E-state index contributed by atoms with van der Waals surface area (Å²) in [6, 6.07) is 0.216. The molecule has 0 amide bonds. The van der Waals surface area contributed by atoms with Crippen molar-refractivity contribution in [3.63, 3.8) is 0 Å². The SMILES string of the molecule is CN1CN=C(N)c2[n-]cnc21.CN1CNC(N)C2[N-]CNC21.N.N.[Pt+2]. The van der Waals surface area contributed by atoms with Gasteiger partial charge in [-0.2, -0.15) is 0 Å². The number of anilines is 1. The molecule has 13 heteroatoms. The van der Waals surface area contributed by atoms with Crippen molar-refractivity contribution in [2.24, 2.45) is 16.5 Å². The van der Waals surface area contributed by atoms with Gasteiger partial charge in [-0.15, -0.1) is 0 Å². The molecule has 4 heterocycles. The second-order valence-electron chi connectivity index (χ2n) is 5.55. The van der Waals surface area contributed by atoms with E-state index in [1.54, 1.807) is 0 Å². The quantitative estimate of drug-likeness (QED) is 0.213. The van der Waals surface area contributed by atoms with Gasteiger partial charge in [-0.05, 0) is 7.05 Å². The van der Waals surface area contributed by atoms with Crippen molar-refractivity contribution in [2.45, 2.75) is 18.4 Å². The first-order chi connectivity index (χ1) is 10.6. The molecule has 0 saturated carbocycles. The fourth-order valence-corrected chi connectivity index (χ4v) is 2.71. The van der Waals surface area contributed by atoms with E-state index < -0.39 is 0 Å². The van der Waals surface area contributed by atoms with E-state index in [9.17, 15) is 0 Å². The third kappa shape index (κ3) is 4.96. The molecule has 0 aliphatic carbocycles. The Balaban J connectivity index is 0.000000411. The zero-order valence-electron chi connectivity index (χ0n) is 14.5. The number of hydrogen-bond acceptors (Lipinski definition) is 10. The van der Waals surface area contributed by atoms with Crippen LogP contribution in [0.4, 0.5) is 5.82 Å². The number of aromatic nitrogens is 2. The van der Waals surface area contributed by atoms with Crippen LogP contribution in [-0.4, -0.2) is 68.2 Å². The number of likely N-dealkylation sites (N-methyl/N-ethyl adjacent to an activating group) is 1. The predicted octanol–water partition coefficient (Wildman–Crippen LogP) is -2.13. The molecule has 0 spiro atoms. The van der Waals surface area contributed by atoms with Crippen LogP contribution in [0.1, 0.15) is 5.69 Å². The number of nitrogens with zero attached hydrogens (tertiary/aromatic N) is 6. The van der Waals surface area contributed by atoms with Crippen molar-refractivity contribution in [2.75, 3.05) is 39.0 Å². The van der Waals surface area contributed by atoms with E-state index in [0.717, 1.165) is 19.2 Å². The van der Waals surface area contributed by atoms with Crippen molar-refractivity contribution in [3.8, 4) is 0 Å². The van der Waals surface area contributed by atoms with Gasteiger partial charge in [0.25, 0.3) is 0 Å². The van der Waals surface area contributed by atoms with E-state index in [2.05, 4.69) is 42.9 Å². The van der Waals surface area contributed by atoms with Gasteiger partial charge < -0.3 is 49.3 Å². The minimum Gasteiger partial charge on any atom is -0.643 e. The minimum absolute atomic E-state index is 0. The Morgan fingerprint density at radius 3 is 2.64 bits per heavy atom. The van der Waals surface area contributed by atoms with Gasteiger partial charge in [0.2, 0.25) is 0 Å². The Labute approximate surface area is 162 Å². The molecule has 4 rings (SSSR count). The van der Waals surface area contributed by atoms with Crippen LogP contribution in [0.15, 0.2) is 11.3 Å². The van der Waals surface area contributed by atoms with Crippen LogP contribution in [0.3, 0.4) is 0 Å². The molecule has 2 saturated heterocycles. The van der Waals surface area contributed by atoms with E-state index in [1.165, 1.54) is 6.33 Å². The van der Waals surface area contributed by atoms with E-state index in [-0.39, 0.29) is 45.6 Å². The van der Waals surface area contributed by atoms with Crippen LogP contribution in [0.2, 0.25) is 0 Å². The fourth-order valence-electron chi connectivity index (χ4n) is 2.71. The minimum atomic E-state index is 0. The maximum absolute atomic E-state index is 5.81. The second-order valence-corrected chi connectivity index (χ2v) is 5.55. The Morgan fingerprint density at radius 2 is 2.00 bits per heavy atom. The molecule has 0 aromatic carbocycles. The summed E-state index contributed by atoms with van der Waals surface area (Å²) in [5.74, 6) is 1.30. The average Bonchev–Trinajstić information content (AvgIpc) is 3.17. The van der Waals surface area contributed by atoms with Crippen LogP contribution in [-0.2, 0) is 21.1 Å². The summed E-state index contributed by atoms with van der Waals surface area (Å²) in [5.41, 5.74) is 12.1. The summed E-state index contributed by atoms with van der Waals surface area (Å²) in [6.07, 6.45) is 1.85. The maximum Gasteiger partial charge on any atom is 2.00 e. The summed E-state index contributed by atoms with van der Waals surface area (Å²) in [7, 11) is 3.97. The van der Waals surface area contributed by atoms with Crippen molar-refractivity contribution >= 4 is 11.7 Å². The largest absolute Gasteiger partial charge is 2.00 e. The Kier molecular flexibility index (Phi) is 9.69. The summed E-state index contributed by atoms with van der Waals surface area (Å²) in [4.78, 5) is 16.2. The standard InChI is InChI=1S/C6H14N5.C6H8N5.2H3N.Pt/c2*1-11-3-10-5(7)4-6(11)9-2-8-4;;;/h4-6,9-10H,2-3,7H2,1H3;2H,3H2,1H3,(H2-,7,8,9,10);2*1H3;/q2*-1;;;+2. The van der Waals surface area contributed by atoms with Crippen LogP contribution in [0.25, 0.3) is 5.32 Å². The topological polar surface area (TPSA) is 206 Å². The Morgan fingerprint density at radius 1 is 1.28 bits per heavy atom. The number of amidine groups is 1. The molecule has 3 aliphatic heterocycles. The number of nitrogens with two attached hydrogens (primary N) is 2. The van der Waals surface area contributed by atoms with Gasteiger partial charge in [-0.3, -0.25) is 10.2 Å². The summed E-state index contributed by atoms with van der Waals surface area (Å²) < 4.78 is 0. The van der Waals surface area contributed by atoms with Gasteiger partial charge in [0.15, 0.2) is 0 Å². The van der Waals surface area contributed by atoms with Crippen molar-refractivity contribution in [1.29, 1.82) is 0 Å². The molecule has 12 nitrogen and oxygen atoms in total. The molecule has 1 aromatic heterocycles. The molecule has 12 N–H and O–H groups in total. The van der Waals surface area contributed by atoms with Crippen LogP contribution >= 0.6 is 0 Å². The van der Waals surface area contributed by atoms with Gasteiger partial charge in [0, 0.05) is 30.9 Å². The first-order valence-corrected chi connectivity index (χ1v) is 7.16. The zero-order valence-corrected chi connectivity index (χ0v) is 16.8. The first kappa shape index (κ1) is 23.9. The predicted molar refractivity (Wildman–Crippen MR) is 94.3 cm³/mol. The van der Waals surface area contributed by atoms with Crippen molar-refractivity contribution in [1.82, 2.24) is 37.8 Å². The van der Waals surface area contributed by atoms with Crippen LogP contribution in [0.5, 0.6) is 0 Å². The molecular formula is C12H28N12Pt. The molecule has 0 radical (unpaired) electrons. The van der Waals surface area contributed by atoms with Crippen LogP contribution < -0.4 is 44.3 Å². The van der Waals surface area contributed by atoms with Crippen molar-refractivity contribution in [3.05, 3.63) is 17.3 Å². The number of nitrogens with one attached hydrogen (secondary N) is 2. The van der Waals surface area contributed by atoms with Gasteiger partial charge in [0.05, 0.1) is 6.67 Å². The molecule has 25 heavy (non-hydrogen) atoms. The fraction of sp³-hybridized carbons (Fsp3) is 0.667. The smallest absolute Gasteiger partial charge is 0.643 e. The number of fused-ring (bicyclic) bond motifs is 2. The number of hydrogen-bond donors (Lipinski definition) is 6. The van der Waals surface area contributed by atoms with Crippen molar-refractivity contribution < 1.29 is 21.1 Å². The summed E-state index contributed by atoms with van der Waals surface area (Å²) >= 11 is 0. The molecule has 146 valence electrons. The van der Waals surface area contributed by atoms with E-state index in [1.807, 2.05) is 11.9 Å². The number of rotatable bonds is 0. The summed E-state index contributed by atoms with van der Waals surface area (Å²) in [5, 5.41) is 10.8. The molecule has 3 atom stereocenters. The Hall–Kier alpha value is -1.11. The first-order valence-electron chi connectivity index (χ1n) is 7.16. The number of aliphatic imine (C=N–C) groups is 1. The molecule has 3 aliphatic rings. The monoisotopic (exact) mass is 535 g/mol. The summed E-state index contributed by atoms with van der Waals surface area (Å²) in [6.45, 7) is 2.14. The van der Waals surface area contributed by atoms with Gasteiger partial charge in [-0.1, -0.05) is 19.0 Å². The average molecular weight is 536 g/mol.